The number of phenolic OH excluding ortho intramolecular Hbond substituents is 1. The monoisotopic (exact) mass is 592 g/mol. The molecule has 1 aromatic carbocycles. The Morgan fingerprint density at radius 3 is 2.47 bits per heavy atom. The molecule has 4 nitrogen and oxygen atoms in total. The molecular weight excluding hydrogens is 532 g/mol. The summed E-state index contributed by atoms with van der Waals surface area (Å²) in [6.07, 6.45) is 19.0. The first-order valence-electron chi connectivity index (χ1n) is 17.8. The number of hydrogen-bond acceptors (Lipinski definition) is 4. The second kappa shape index (κ2) is 13.2. The van der Waals surface area contributed by atoms with E-state index in [0.717, 1.165) is 59.8 Å². The molecule has 43 heavy (non-hydrogen) atoms. The third kappa shape index (κ3) is 6.41. The number of benzene rings is 1. The van der Waals surface area contributed by atoms with Crippen molar-refractivity contribution in [3.63, 3.8) is 0 Å². The Hall–Kier alpha value is -1.97. The van der Waals surface area contributed by atoms with Crippen LogP contribution < -0.4 is 4.74 Å². The summed E-state index contributed by atoms with van der Waals surface area (Å²) in [6, 6.07) is 5.07. The molecule has 4 aliphatic rings. The van der Waals surface area contributed by atoms with Crippen LogP contribution in [0.15, 0.2) is 24.3 Å². The highest BCUT2D eigenvalue weighted by molar-refractivity contribution is 5.87. The van der Waals surface area contributed by atoms with Crippen LogP contribution in [0.1, 0.15) is 124 Å². The molecule has 4 aliphatic carbocycles. The van der Waals surface area contributed by atoms with Crippen LogP contribution in [0.2, 0.25) is 0 Å². The first-order chi connectivity index (χ1) is 20.5. The summed E-state index contributed by atoms with van der Waals surface area (Å²) in [6.45, 7) is 15.1. The van der Waals surface area contributed by atoms with Crippen molar-refractivity contribution >= 4 is 12.0 Å². The molecule has 0 spiro atoms. The number of carbonyl (C=O) groups excluding carboxylic acids is 1. The number of carbonyl (C=O) groups is 1. The van der Waals surface area contributed by atoms with Gasteiger partial charge in [0.25, 0.3) is 0 Å². The highest BCUT2D eigenvalue weighted by atomic mass is 16.5. The molecule has 1 N–H and O–H groups in total. The highest BCUT2D eigenvalue weighted by Crippen LogP contribution is 2.68. The lowest BCUT2D eigenvalue weighted by molar-refractivity contribution is -0.157. The number of esters is 1. The van der Waals surface area contributed by atoms with E-state index in [2.05, 4.69) is 41.5 Å². The Bertz CT molecular complexity index is 1140. The summed E-state index contributed by atoms with van der Waals surface area (Å²) in [4.78, 5) is 12.8. The molecular formula is C39H60O4. The minimum absolute atomic E-state index is 0.0180. The van der Waals surface area contributed by atoms with E-state index in [0.29, 0.717) is 22.5 Å². The SMILES string of the molecule is CC[C@H](CC[C@@H](C)[C@H]1CC[C@H]2[C@@H]3CC[C@H]4C[C@@H](OC(=O)/C=C\c5ccc(O)c(OC)c5)CC[C@]4(C)[C@H]3CC[C@]12C)C(C)C. The average molecular weight is 593 g/mol. The van der Waals surface area contributed by atoms with Gasteiger partial charge in [0.2, 0.25) is 0 Å². The summed E-state index contributed by atoms with van der Waals surface area (Å²) in [5, 5.41) is 9.83. The van der Waals surface area contributed by atoms with Crippen molar-refractivity contribution in [2.24, 2.45) is 58.2 Å². The van der Waals surface area contributed by atoms with Gasteiger partial charge in [-0.2, -0.15) is 0 Å². The van der Waals surface area contributed by atoms with Gasteiger partial charge >= 0.3 is 5.97 Å². The summed E-state index contributed by atoms with van der Waals surface area (Å²) in [5.74, 6) is 6.95. The Morgan fingerprint density at radius 1 is 1.00 bits per heavy atom. The van der Waals surface area contributed by atoms with Crippen LogP contribution in [0.3, 0.4) is 0 Å². The number of rotatable bonds is 10. The fourth-order valence-electron chi connectivity index (χ4n) is 11.2. The second-order valence-corrected chi connectivity index (χ2v) is 16.0. The molecule has 10 atom stereocenters. The van der Waals surface area contributed by atoms with Gasteiger partial charge in [-0.3, -0.25) is 0 Å². The molecule has 0 aliphatic heterocycles. The first kappa shape index (κ1) is 32.4. The predicted octanol–water partition coefficient (Wildman–Crippen LogP) is 10.1. The van der Waals surface area contributed by atoms with Gasteiger partial charge in [-0.05, 0) is 146 Å². The van der Waals surface area contributed by atoms with Crippen molar-refractivity contribution in [2.45, 2.75) is 125 Å². The Morgan fingerprint density at radius 2 is 1.74 bits per heavy atom. The molecule has 4 saturated carbocycles. The predicted molar refractivity (Wildman–Crippen MR) is 176 cm³/mol. The molecule has 1 aromatic rings. The van der Waals surface area contributed by atoms with Crippen LogP contribution in [-0.4, -0.2) is 24.3 Å². The van der Waals surface area contributed by atoms with Gasteiger partial charge in [-0.1, -0.05) is 60.5 Å². The number of phenols is 1. The number of fused-ring (bicyclic) bond motifs is 5. The van der Waals surface area contributed by atoms with E-state index in [4.69, 9.17) is 9.47 Å². The van der Waals surface area contributed by atoms with Gasteiger partial charge in [-0.15, -0.1) is 0 Å². The zero-order chi connectivity index (χ0) is 30.9. The number of methoxy groups -OCH3 is 1. The van der Waals surface area contributed by atoms with E-state index in [-0.39, 0.29) is 17.8 Å². The quantitative estimate of drug-likeness (QED) is 0.217. The van der Waals surface area contributed by atoms with Crippen molar-refractivity contribution in [2.75, 3.05) is 7.11 Å². The molecule has 0 aromatic heterocycles. The van der Waals surface area contributed by atoms with E-state index in [1.54, 1.807) is 24.3 Å². The van der Waals surface area contributed by atoms with Crippen LogP contribution >= 0.6 is 0 Å². The largest absolute Gasteiger partial charge is 0.504 e. The number of hydrogen-bond donors (Lipinski definition) is 1. The minimum atomic E-state index is -0.271. The molecule has 4 heteroatoms. The molecule has 0 heterocycles. The van der Waals surface area contributed by atoms with E-state index >= 15 is 0 Å². The number of ether oxygens (including phenoxy) is 2. The fourth-order valence-corrected chi connectivity index (χ4v) is 11.2. The Labute approximate surface area is 262 Å². The summed E-state index contributed by atoms with van der Waals surface area (Å²) >= 11 is 0. The van der Waals surface area contributed by atoms with Gasteiger partial charge in [-0.25, -0.2) is 4.79 Å². The van der Waals surface area contributed by atoms with Crippen LogP contribution in [0.4, 0.5) is 0 Å². The third-order valence-electron chi connectivity index (χ3n) is 13.7. The summed E-state index contributed by atoms with van der Waals surface area (Å²) in [5.41, 5.74) is 1.72. The van der Waals surface area contributed by atoms with Crippen LogP contribution in [0, 0.1) is 58.2 Å². The fraction of sp³-hybridized carbons (Fsp3) is 0.769. The van der Waals surface area contributed by atoms with E-state index < -0.39 is 0 Å². The maximum atomic E-state index is 12.8. The van der Waals surface area contributed by atoms with Gasteiger partial charge in [0.15, 0.2) is 11.5 Å². The first-order valence-corrected chi connectivity index (χ1v) is 17.8. The van der Waals surface area contributed by atoms with Crippen LogP contribution in [0.25, 0.3) is 6.08 Å². The zero-order valence-electron chi connectivity index (χ0n) is 28.2. The molecule has 0 bridgehead atoms. The van der Waals surface area contributed by atoms with E-state index in [9.17, 15) is 9.90 Å². The average Bonchev–Trinajstić information content (AvgIpc) is 3.34. The molecule has 0 amide bonds. The van der Waals surface area contributed by atoms with Crippen LogP contribution in [0.5, 0.6) is 11.5 Å². The maximum absolute atomic E-state index is 12.8. The molecule has 0 saturated heterocycles. The van der Waals surface area contributed by atoms with Crippen molar-refractivity contribution in [3.8, 4) is 11.5 Å². The lowest BCUT2D eigenvalue weighted by Gasteiger charge is -2.61. The topological polar surface area (TPSA) is 55.8 Å². The molecule has 0 unspecified atom stereocenters. The third-order valence-corrected chi connectivity index (χ3v) is 13.7. The Balaban J connectivity index is 1.17. The Kier molecular flexibility index (Phi) is 9.94. The van der Waals surface area contributed by atoms with Crippen molar-refractivity contribution in [3.05, 3.63) is 29.8 Å². The van der Waals surface area contributed by atoms with E-state index in [1.807, 2.05) is 0 Å². The van der Waals surface area contributed by atoms with Gasteiger partial charge in [0, 0.05) is 6.08 Å². The normalized spacial score (nSPS) is 36.9. The van der Waals surface area contributed by atoms with Crippen molar-refractivity contribution in [1.29, 1.82) is 0 Å². The second-order valence-electron chi connectivity index (χ2n) is 16.0. The minimum Gasteiger partial charge on any atom is -0.504 e. The van der Waals surface area contributed by atoms with Gasteiger partial charge in [0.05, 0.1) is 7.11 Å². The summed E-state index contributed by atoms with van der Waals surface area (Å²) < 4.78 is 11.2. The molecule has 4 fully saturated rings. The van der Waals surface area contributed by atoms with Crippen LogP contribution in [-0.2, 0) is 9.53 Å². The van der Waals surface area contributed by atoms with Gasteiger partial charge < -0.3 is 14.6 Å². The van der Waals surface area contributed by atoms with Gasteiger partial charge in [0.1, 0.15) is 6.10 Å². The zero-order valence-corrected chi connectivity index (χ0v) is 28.2. The van der Waals surface area contributed by atoms with Crippen molar-refractivity contribution in [1.82, 2.24) is 0 Å². The number of aromatic hydroxyl groups is 1. The molecule has 240 valence electrons. The standard InChI is InChI=1S/C39H60O4/c1-8-28(25(2)3)12-9-26(4)32-15-16-33-31-14-13-29-24-30(19-21-38(29,5)34(31)20-22-39(32,33)6)43-37(41)18-11-27-10-17-35(40)36(23-27)42-7/h10-11,17-18,23,25-26,28-34,40H,8-9,12-16,19-22,24H2,1-7H3/b18-11-/t26-,28-,29+,30+,31+,32-,33+,34+,38+,39-/m1/s1. The lowest BCUT2D eigenvalue weighted by atomic mass is 9.44. The molecule has 5 rings (SSSR count). The van der Waals surface area contributed by atoms with E-state index in [1.165, 1.54) is 77.4 Å². The van der Waals surface area contributed by atoms with Crippen molar-refractivity contribution < 1.29 is 19.4 Å². The summed E-state index contributed by atoms with van der Waals surface area (Å²) in [7, 11) is 1.52. The smallest absolute Gasteiger partial charge is 0.331 e. The maximum Gasteiger partial charge on any atom is 0.331 e. The molecule has 0 radical (unpaired) electrons. The highest BCUT2D eigenvalue weighted by Gasteiger charge is 2.60. The lowest BCUT2D eigenvalue weighted by Crippen LogP contribution is -2.54.